The molecule has 10 nitrogen and oxygen atoms in total. The number of alkyl carbamates (subject to hydrolysis) is 1. The molecule has 236 valence electrons. The monoisotopic (exact) mass is 599 g/mol. The van der Waals surface area contributed by atoms with Crippen LogP contribution in [-0.2, 0) is 17.7 Å². The molecule has 2 aromatic heterocycles. The minimum Gasteiger partial charge on any atom is -0.399 e. The van der Waals surface area contributed by atoms with Crippen molar-refractivity contribution in [2.24, 2.45) is 5.92 Å². The summed E-state index contributed by atoms with van der Waals surface area (Å²) in [6.45, 7) is 9.52. The van der Waals surface area contributed by atoms with Gasteiger partial charge in [-0.25, -0.2) is 14.2 Å². The average Bonchev–Trinajstić information content (AvgIpc) is 3.38. The molecule has 2 aliphatic rings. The number of aryl methyl sites for hydroxylation is 1. The van der Waals surface area contributed by atoms with Crippen molar-refractivity contribution in [3.05, 3.63) is 64.6 Å². The number of hydrogen-bond donors (Lipinski definition) is 2. The lowest BCUT2D eigenvalue weighted by Gasteiger charge is -2.42. The molecule has 0 aliphatic carbocycles. The number of nitrogens with zero attached hydrogens (tertiary/aromatic N) is 4. The summed E-state index contributed by atoms with van der Waals surface area (Å²) in [7, 11) is 0. The molecule has 0 saturated carbocycles. The maximum Gasteiger partial charge on any atom is 0.411 e. The van der Waals surface area contributed by atoms with E-state index in [0.29, 0.717) is 65.5 Å². The SMILES string of the molecule is Cc1nc2n(c(=O)c1CC[N+]1(COC(=O)NCCCC(C)C)CCC(c3noc4cc(F)ccc34)CC1)CCCC2O.[CH3-]. The second-order valence-corrected chi connectivity index (χ2v) is 12.4. The number of hydrogen-bond acceptors (Lipinski definition) is 7. The number of aliphatic hydroxyl groups excluding tert-OH is 1. The average molecular weight is 600 g/mol. The van der Waals surface area contributed by atoms with E-state index in [1.807, 2.05) is 6.92 Å². The molecule has 1 saturated heterocycles. The molecule has 2 N–H and O–H groups in total. The molecule has 2 aliphatic heterocycles. The molecule has 0 radical (unpaired) electrons. The van der Waals surface area contributed by atoms with Gasteiger partial charge in [0, 0.05) is 61.0 Å². The van der Waals surface area contributed by atoms with E-state index in [2.05, 4.69) is 29.3 Å². The van der Waals surface area contributed by atoms with Gasteiger partial charge < -0.3 is 27.1 Å². The Hall–Kier alpha value is -3.31. The lowest BCUT2D eigenvalue weighted by molar-refractivity contribution is -0.947. The van der Waals surface area contributed by atoms with Gasteiger partial charge in [-0.2, -0.15) is 0 Å². The molecule has 3 aromatic rings. The second-order valence-electron chi connectivity index (χ2n) is 12.4. The lowest BCUT2D eigenvalue weighted by Crippen LogP contribution is -2.56. The van der Waals surface area contributed by atoms with Crippen LogP contribution in [0.2, 0.25) is 0 Å². The molecule has 1 amide bonds. The molecular weight excluding hydrogens is 553 g/mol. The van der Waals surface area contributed by atoms with Crippen LogP contribution < -0.4 is 10.9 Å². The Labute approximate surface area is 252 Å². The van der Waals surface area contributed by atoms with Crippen LogP contribution in [0.1, 0.15) is 87.2 Å². The van der Waals surface area contributed by atoms with Crippen molar-refractivity contribution < 1.29 is 28.0 Å². The van der Waals surface area contributed by atoms with Crippen molar-refractivity contribution in [2.75, 3.05) is 32.9 Å². The van der Waals surface area contributed by atoms with Crippen LogP contribution in [0.5, 0.6) is 0 Å². The highest BCUT2D eigenvalue weighted by molar-refractivity contribution is 5.79. The van der Waals surface area contributed by atoms with E-state index in [1.54, 1.807) is 10.6 Å². The first-order chi connectivity index (χ1) is 20.2. The van der Waals surface area contributed by atoms with Crippen LogP contribution in [0, 0.1) is 26.1 Å². The molecule has 43 heavy (non-hydrogen) atoms. The molecule has 1 atom stereocenters. The van der Waals surface area contributed by atoms with Crippen molar-refractivity contribution in [3.63, 3.8) is 0 Å². The fraction of sp³-hybridized carbons (Fsp3) is 0.594. The zero-order chi connectivity index (χ0) is 29.9. The predicted molar refractivity (Wildman–Crippen MR) is 162 cm³/mol. The van der Waals surface area contributed by atoms with Crippen LogP contribution in [0.4, 0.5) is 9.18 Å². The summed E-state index contributed by atoms with van der Waals surface area (Å²) >= 11 is 0. The number of likely N-dealkylation sites (tertiary alicyclic amines) is 1. The molecule has 11 heteroatoms. The summed E-state index contributed by atoms with van der Waals surface area (Å²) in [5, 5.41) is 18.4. The number of halogens is 1. The number of carbonyl (C=O) groups excluding carboxylic acids is 1. The van der Waals surface area contributed by atoms with E-state index >= 15 is 0 Å². The van der Waals surface area contributed by atoms with Crippen molar-refractivity contribution in [2.45, 2.75) is 84.3 Å². The summed E-state index contributed by atoms with van der Waals surface area (Å²) in [6.07, 6.45) is 4.19. The smallest absolute Gasteiger partial charge is 0.399 e. The molecule has 4 heterocycles. The highest BCUT2D eigenvalue weighted by Gasteiger charge is 2.38. The van der Waals surface area contributed by atoms with Crippen LogP contribution in [0.25, 0.3) is 11.0 Å². The third-order valence-electron chi connectivity index (χ3n) is 8.94. The standard InChI is InChI=1S/C31H42FN5O5.CH3/c1-20(2)6-4-13-33-31(40)41-19-37(17-12-24-21(3)34-29-26(38)7-5-14-36(29)30(24)39)15-10-22(11-16-37)28-25-9-8-23(32)18-27(25)42-35-28;/h8-9,18,20,22,26,38H,4-7,10-17,19H2,1-3H3;1H3/q;-1/p+1. The quantitative estimate of drug-likeness (QED) is 0.188. The first kappa shape index (κ1) is 32.6. The van der Waals surface area contributed by atoms with Crippen LogP contribution >= 0.6 is 0 Å². The fourth-order valence-electron chi connectivity index (χ4n) is 6.38. The van der Waals surface area contributed by atoms with Gasteiger partial charge in [0.15, 0.2) is 5.58 Å². The number of ether oxygens (including phenoxy) is 1. The number of fused-ring (bicyclic) bond motifs is 2. The molecule has 5 rings (SSSR count). The maximum absolute atomic E-state index is 13.7. The molecule has 1 fully saturated rings. The highest BCUT2D eigenvalue weighted by atomic mass is 19.1. The van der Waals surface area contributed by atoms with E-state index in [0.717, 1.165) is 56.3 Å². The van der Waals surface area contributed by atoms with Crippen molar-refractivity contribution in [1.29, 1.82) is 0 Å². The van der Waals surface area contributed by atoms with Crippen LogP contribution in [0.3, 0.4) is 0 Å². The summed E-state index contributed by atoms with van der Waals surface area (Å²) in [5.74, 6) is 0.802. The number of amides is 1. The number of aliphatic hydroxyl groups is 1. The number of aromatic nitrogens is 3. The Morgan fingerprint density at radius 3 is 2.79 bits per heavy atom. The summed E-state index contributed by atoms with van der Waals surface area (Å²) in [4.78, 5) is 30.6. The molecule has 1 aromatic carbocycles. The van der Waals surface area contributed by atoms with Gasteiger partial charge in [0.05, 0.1) is 25.3 Å². The third kappa shape index (κ3) is 7.44. The number of quaternary nitrogens is 1. The van der Waals surface area contributed by atoms with Crippen molar-refractivity contribution in [3.8, 4) is 0 Å². The Kier molecular flexibility index (Phi) is 10.6. The maximum atomic E-state index is 13.7. The van der Waals surface area contributed by atoms with Gasteiger partial charge in [-0.05, 0) is 50.7 Å². The number of piperidine rings is 1. The predicted octanol–water partition coefficient (Wildman–Crippen LogP) is 5.17. The largest absolute Gasteiger partial charge is 0.411 e. The molecule has 0 spiro atoms. The normalized spacial score (nSPS) is 21.8. The third-order valence-corrected chi connectivity index (χ3v) is 8.94. The fourth-order valence-corrected chi connectivity index (χ4v) is 6.38. The molecule has 0 bridgehead atoms. The van der Waals surface area contributed by atoms with Crippen molar-refractivity contribution in [1.82, 2.24) is 20.0 Å². The first-order valence-corrected chi connectivity index (χ1v) is 15.2. The number of rotatable bonds is 10. The van der Waals surface area contributed by atoms with E-state index in [1.165, 1.54) is 12.1 Å². The van der Waals surface area contributed by atoms with Gasteiger partial charge in [0.25, 0.3) is 5.56 Å². The highest BCUT2D eigenvalue weighted by Crippen LogP contribution is 2.35. The Morgan fingerprint density at radius 2 is 2.05 bits per heavy atom. The van der Waals surface area contributed by atoms with E-state index in [9.17, 15) is 19.1 Å². The summed E-state index contributed by atoms with van der Waals surface area (Å²) in [6, 6.07) is 4.50. The number of carbonyl (C=O) groups is 1. The van der Waals surface area contributed by atoms with Crippen LogP contribution in [0.15, 0.2) is 27.5 Å². The van der Waals surface area contributed by atoms with Gasteiger partial charge in [0.2, 0.25) is 6.73 Å². The minimum atomic E-state index is -0.715. The number of nitrogens with one attached hydrogen (secondary N) is 1. The summed E-state index contributed by atoms with van der Waals surface area (Å²) in [5.41, 5.74) is 2.47. The Morgan fingerprint density at radius 1 is 1.28 bits per heavy atom. The minimum absolute atomic E-state index is 0. The first-order valence-electron chi connectivity index (χ1n) is 15.2. The van der Waals surface area contributed by atoms with Gasteiger partial charge >= 0.3 is 6.09 Å². The molecule has 1 unspecified atom stereocenters. The van der Waals surface area contributed by atoms with Gasteiger partial charge in [-0.1, -0.05) is 19.0 Å². The Balaban J connectivity index is 0.00000423. The Bertz CT molecular complexity index is 1460. The zero-order valence-electron chi connectivity index (χ0n) is 25.9. The second kappa shape index (κ2) is 14.0. The van der Waals surface area contributed by atoms with E-state index in [4.69, 9.17) is 9.26 Å². The summed E-state index contributed by atoms with van der Waals surface area (Å²) < 4.78 is 27.0. The van der Waals surface area contributed by atoms with Crippen molar-refractivity contribution >= 4 is 17.1 Å². The van der Waals surface area contributed by atoms with E-state index in [-0.39, 0.29) is 31.5 Å². The lowest BCUT2D eigenvalue weighted by atomic mass is 9.90. The van der Waals surface area contributed by atoms with Gasteiger partial charge in [-0.3, -0.25) is 13.8 Å². The van der Waals surface area contributed by atoms with Gasteiger partial charge in [-0.15, -0.1) is 0 Å². The van der Waals surface area contributed by atoms with Crippen LogP contribution in [-0.4, -0.2) is 63.3 Å². The topological polar surface area (TPSA) is 119 Å². The molecular formula is C32H46FN5O5. The number of benzene rings is 1. The van der Waals surface area contributed by atoms with Gasteiger partial charge in [0.1, 0.15) is 17.7 Å². The zero-order valence-corrected chi connectivity index (χ0v) is 25.9. The van der Waals surface area contributed by atoms with E-state index < -0.39 is 12.2 Å².